The fourth-order valence-corrected chi connectivity index (χ4v) is 0.964. The average molecular weight is 211 g/mol. The molecule has 0 saturated heterocycles. The van der Waals surface area contributed by atoms with E-state index in [9.17, 15) is 4.79 Å². The highest BCUT2D eigenvalue weighted by atomic mass is 16.2. The molecule has 0 aromatic carbocycles. The van der Waals surface area contributed by atoms with E-state index in [-0.39, 0.29) is 12.3 Å². The minimum absolute atomic E-state index is 0.176. The van der Waals surface area contributed by atoms with Crippen molar-refractivity contribution in [3.05, 3.63) is 0 Å². The third-order valence-electron chi connectivity index (χ3n) is 2.32. The van der Waals surface area contributed by atoms with Crippen molar-refractivity contribution >= 4 is 5.91 Å². The van der Waals surface area contributed by atoms with Crippen LogP contribution in [0.25, 0.3) is 0 Å². The van der Waals surface area contributed by atoms with Crippen LogP contribution in [0.1, 0.15) is 20.3 Å². The molecule has 15 heavy (non-hydrogen) atoms. The summed E-state index contributed by atoms with van der Waals surface area (Å²) in [4.78, 5) is 13.5. The molecule has 0 aromatic rings. The molecule has 86 valence electrons. The molecule has 0 aliphatic carbocycles. The predicted molar refractivity (Wildman–Crippen MR) is 62.2 cm³/mol. The molecule has 1 amide bonds. The van der Waals surface area contributed by atoms with Crippen LogP contribution in [0, 0.1) is 12.3 Å². The van der Waals surface area contributed by atoms with Crippen molar-refractivity contribution in [3.8, 4) is 12.3 Å². The summed E-state index contributed by atoms with van der Waals surface area (Å²) < 4.78 is 0. The molecule has 1 atom stereocenters. The predicted octanol–water partition coefficient (Wildman–Crippen LogP) is -0.207. The molecule has 0 radical (unpaired) electrons. The van der Waals surface area contributed by atoms with Crippen molar-refractivity contribution in [1.29, 1.82) is 0 Å². The molecule has 0 aromatic heterocycles. The van der Waals surface area contributed by atoms with E-state index in [1.54, 1.807) is 0 Å². The van der Waals surface area contributed by atoms with Gasteiger partial charge in [-0.05, 0) is 20.9 Å². The Morgan fingerprint density at radius 1 is 1.60 bits per heavy atom. The van der Waals surface area contributed by atoms with Gasteiger partial charge in [0.25, 0.3) is 0 Å². The zero-order valence-corrected chi connectivity index (χ0v) is 9.79. The van der Waals surface area contributed by atoms with Crippen LogP contribution in [0.15, 0.2) is 0 Å². The first-order chi connectivity index (χ1) is 6.99. The lowest BCUT2D eigenvalue weighted by Gasteiger charge is -2.21. The van der Waals surface area contributed by atoms with Crippen molar-refractivity contribution in [2.75, 3.05) is 20.1 Å². The van der Waals surface area contributed by atoms with Crippen LogP contribution in [0.2, 0.25) is 0 Å². The molecule has 0 spiro atoms. The second-order valence-corrected chi connectivity index (χ2v) is 3.88. The highest BCUT2D eigenvalue weighted by Gasteiger charge is 2.11. The number of likely N-dealkylation sites (N-methyl/N-ethyl adjacent to an activating group) is 1. The Bertz CT molecular complexity index is 232. The molecule has 0 saturated carbocycles. The lowest BCUT2D eigenvalue weighted by molar-refractivity contribution is -0.122. The quantitative estimate of drug-likeness (QED) is 0.598. The lowest BCUT2D eigenvalue weighted by Crippen LogP contribution is -2.43. The van der Waals surface area contributed by atoms with E-state index in [1.165, 1.54) is 0 Å². The minimum atomic E-state index is -0.584. The molecule has 4 nitrogen and oxygen atoms in total. The van der Waals surface area contributed by atoms with Crippen LogP contribution in [0.3, 0.4) is 0 Å². The molecule has 0 bridgehead atoms. The summed E-state index contributed by atoms with van der Waals surface area (Å²) >= 11 is 0. The van der Waals surface area contributed by atoms with E-state index in [4.69, 9.17) is 12.2 Å². The van der Waals surface area contributed by atoms with Gasteiger partial charge in [0.2, 0.25) is 5.91 Å². The number of nitrogens with one attached hydrogen (secondary N) is 1. The topological polar surface area (TPSA) is 58.4 Å². The third kappa shape index (κ3) is 6.10. The van der Waals surface area contributed by atoms with Crippen LogP contribution < -0.4 is 11.1 Å². The average Bonchev–Trinajstić information content (AvgIpc) is 2.17. The Hall–Kier alpha value is -1.05. The minimum Gasteiger partial charge on any atom is -0.353 e. The SMILES string of the molecule is C#CCC(N)C(=O)NCCN(C)C(C)C. The number of terminal acetylenes is 1. The summed E-state index contributed by atoms with van der Waals surface area (Å²) in [6.07, 6.45) is 5.35. The number of rotatable bonds is 6. The van der Waals surface area contributed by atoms with E-state index in [2.05, 4.69) is 30.0 Å². The van der Waals surface area contributed by atoms with E-state index >= 15 is 0 Å². The second-order valence-electron chi connectivity index (χ2n) is 3.88. The standard InChI is InChI=1S/C11H21N3O/c1-5-6-10(12)11(15)13-7-8-14(4)9(2)3/h1,9-10H,6-8,12H2,2-4H3,(H,13,15). The van der Waals surface area contributed by atoms with Gasteiger partial charge in [0, 0.05) is 25.6 Å². The summed E-state index contributed by atoms with van der Waals surface area (Å²) in [6, 6.07) is -0.111. The fourth-order valence-electron chi connectivity index (χ4n) is 0.964. The van der Waals surface area contributed by atoms with Crippen molar-refractivity contribution in [1.82, 2.24) is 10.2 Å². The Balaban J connectivity index is 3.69. The smallest absolute Gasteiger partial charge is 0.237 e. The van der Waals surface area contributed by atoms with Gasteiger partial charge in [0.1, 0.15) is 0 Å². The van der Waals surface area contributed by atoms with E-state index in [0.29, 0.717) is 12.6 Å². The number of nitrogens with zero attached hydrogens (tertiary/aromatic N) is 1. The Morgan fingerprint density at radius 3 is 2.67 bits per heavy atom. The van der Waals surface area contributed by atoms with Crippen LogP contribution in [0.4, 0.5) is 0 Å². The van der Waals surface area contributed by atoms with E-state index < -0.39 is 6.04 Å². The van der Waals surface area contributed by atoms with Gasteiger partial charge >= 0.3 is 0 Å². The van der Waals surface area contributed by atoms with Crippen LogP contribution in [-0.4, -0.2) is 43.0 Å². The second kappa shape index (κ2) is 7.27. The Morgan fingerprint density at radius 2 is 2.20 bits per heavy atom. The Kier molecular flexibility index (Phi) is 6.76. The molecule has 0 aliphatic rings. The number of nitrogens with two attached hydrogens (primary N) is 1. The van der Waals surface area contributed by atoms with Gasteiger partial charge in [-0.1, -0.05) is 0 Å². The first kappa shape index (κ1) is 13.9. The van der Waals surface area contributed by atoms with Gasteiger partial charge in [-0.3, -0.25) is 4.79 Å². The van der Waals surface area contributed by atoms with Gasteiger partial charge in [-0.25, -0.2) is 0 Å². The highest BCUT2D eigenvalue weighted by molar-refractivity contribution is 5.81. The maximum Gasteiger partial charge on any atom is 0.237 e. The first-order valence-electron chi connectivity index (χ1n) is 5.16. The zero-order chi connectivity index (χ0) is 11.8. The van der Waals surface area contributed by atoms with Gasteiger partial charge in [-0.15, -0.1) is 12.3 Å². The maximum absolute atomic E-state index is 11.3. The molecule has 0 aliphatic heterocycles. The van der Waals surface area contributed by atoms with E-state index in [1.807, 2.05) is 7.05 Å². The number of carbonyl (C=O) groups is 1. The van der Waals surface area contributed by atoms with Crippen molar-refractivity contribution < 1.29 is 4.79 Å². The fraction of sp³-hybridized carbons (Fsp3) is 0.727. The van der Waals surface area contributed by atoms with Gasteiger partial charge < -0.3 is 16.0 Å². The summed E-state index contributed by atoms with van der Waals surface area (Å²) in [5.74, 6) is 2.19. The number of amides is 1. The molecule has 0 heterocycles. The largest absolute Gasteiger partial charge is 0.353 e. The van der Waals surface area contributed by atoms with Crippen LogP contribution >= 0.6 is 0 Å². The highest BCUT2D eigenvalue weighted by Crippen LogP contribution is 1.91. The molecule has 3 N–H and O–H groups in total. The molecular formula is C11H21N3O. The number of hydrogen-bond donors (Lipinski definition) is 2. The van der Waals surface area contributed by atoms with Crippen LogP contribution in [-0.2, 0) is 4.79 Å². The summed E-state index contributed by atoms with van der Waals surface area (Å²) in [5, 5.41) is 2.75. The molecular weight excluding hydrogens is 190 g/mol. The van der Waals surface area contributed by atoms with Crippen molar-refractivity contribution in [2.24, 2.45) is 5.73 Å². The monoisotopic (exact) mass is 211 g/mol. The molecule has 0 rings (SSSR count). The summed E-state index contributed by atoms with van der Waals surface area (Å²) in [7, 11) is 2.01. The van der Waals surface area contributed by atoms with Gasteiger partial charge in [-0.2, -0.15) is 0 Å². The summed E-state index contributed by atoms with van der Waals surface area (Å²) in [6.45, 7) is 5.62. The third-order valence-corrected chi connectivity index (χ3v) is 2.32. The van der Waals surface area contributed by atoms with Gasteiger partial charge in [0.15, 0.2) is 0 Å². The molecule has 4 heteroatoms. The van der Waals surface area contributed by atoms with Crippen molar-refractivity contribution in [2.45, 2.75) is 32.4 Å². The summed E-state index contributed by atoms with van der Waals surface area (Å²) in [5.41, 5.74) is 5.54. The van der Waals surface area contributed by atoms with Crippen molar-refractivity contribution in [3.63, 3.8) is 0 Å². The number of carbonyl (C=O) groups excluding carboxylic acids is 1. The maximum atomic E-state index is 11.3. The normalized spacial score (nSPS) is 12.6. The van der Waals surface area contributed by atoms with Crippen LogP contribution in [0.5, 0.6) is 0 Å². The van der Waals surface area contributed by atoms with E-state index in [0.717, 1.165) is 6.54 Å². The first-order valence-corrected chi connectivity index (χ1v) is 5.16. The zero-order valence-electron chi connectivity index (χ0n) is 9.79. The molecule has 0 fully saturated rings. The number of hydrogen-bond acceptors (Lipinski definition) is 3. The lowest BCUT2D eigenvalue weighted by atomic mass is 10.2. The van der Waals surface area contributed by atoms with Gasteiger partial charge in [0.05, 0.1) is 6.04 Å². The Labute approximate surface area is 92.2 Å². The molecule has 1 unspecified atom stereocenters.